The number of esters is 1. The van der Waals surface area contributed by atoms with Crippen molar-refractivity contribution in [3.63, 3.8) is 0 Å². The summed E-state index contributed by atoms with van der Waals surface area (Å²) in [4.78, 5) is 33.8. The van der Waals surface area contributed by atoms with Crippen LogP contribution in [0.3, 0.4) is 0 Å². The van der Waals surface area contributed by atoms with Gasteiger partial charge in [0.15, 0.2) is 18.5 Å². The molecule has 0 aromatic heterocycles. The molecule has 0 heterocycles. The lowest BCUT2D eigenvalue weighted by molar-refractivity contribution is -0.176. The molecule has 0 bridgehead atoms. The zero-order chi connectivity index (χ0) is 19.0. The minimum atomic E-state index is -2.49. The smallest absolute Gasteiger partial charge is 0.378 e. The number of rotatable bonds is 11. The number of ether oxygens (including phenoxy) is 1. The highest BCUT2D eigenvalue weighted by Gasteiger charge is 2.38. The predicted octanol–water partition coefficient (Wildman–Crippen LogP) is -6.18. The second kappa shape index (κ2) is 10.4. The Hall–Kier alpha value is -1.51. The van der Waals surface area contributed by atoms with Crippen molar-refractivity contribution in [1.29, 1.82) is 0 Å². The molecule has 0 aliphatic heterocycles. The van der Waals surface area contributed by atoms with Gasteiger partial charge in [0.25, 0.3) is 5.78 Å². The minimum Gasteiger partial charge on any atom is -0.446 e. The fourth-order valence-corrected chi connectivity index (χ4v) is 1.48. The van der Waals surface area contributed by atoms with Crippen LogP contribution in [0.1, 0.15) is 0 Å². The Kier molecular flexibility index (Phi) is 9.72. The molecule has 7 atom stereocenters. The van der Waals surface area contributed by atoms with Crippen molar-refractivity contribution in [2.24, 2.45) is 0 Å². The van der Waals surface area contributed by atoms with Crippen LogP contribution >= 0.6 is 0 Å². The van der Waals surface area contributed by atoms with Crippen LogP contribution in [0, 0.1) is 0 Å². The number of aliphatic hydroxyl groups is 8. The predicted molar refractivity (Wildman–Crippen MR) is 71.2 cm³/mol. The maximum absolute atomic E-state index is 11.5. The monoisotopic (exact) mass is 356 g/mol. The third-order valence-corrected chi connectivity index (χ3v) is 3.02. The average molecular weight is 356 g/mol. The summed E-state index contributed by atoms with van der Waals surface area (Å²) in [7, 11) is 0. The van der Waals surface area contributed by atoms with Gasteiger partial charge in [-0.2, -0.15) is 0 Å². The first-order valence-electron chi connectivity index (χ1n) is 6.62. The van der Waals surface area contributed by atoms with E-state index in [1.165, 1.54) is 0 Å². The van der Waals surface area contributed by atoms with Gasteiger partial charge in [0.05, 0.1) is 13.2 Å². The highest BCUT2D eigenvalue weighted by atomic mass is 16.6. The van der Waals surface area contributed by atoms with Crippen LogP contribution in [0.4, 0.5) is 0 Å². The van der Waals surface area contributed by atoms with Gasteiger partial charge in [0.1, 0.15) is 30.5 Å². The van der Waals surface area contributed by atoms with Crippen LogP contribution in [-0.2, 0) is 19.1 Å². The summed E-state index contributed by atoms with van der Waals surface area (Å²) >= 11 is 0. The van der Waals surface area contributed by atoms with Crippen molar-refractivity contribution in [2.75, 3.05) is 13.2 Å². The van der Waals surface area contributed by atoms with E-state index in [0.717, 1.165) is 0 Å². The third kappa shape index (κ3) is 5.85. The van der Waals surface area contributed by atoms with Crippen LogP contribution in [-0.4, -0.2) is 115 Å². The molecule has 0 unspecified atom stereocenters. The highest BCUT2D eigenvalue weighted by Crippen LogP contribution is 2.09. The molecular formula is C12H20O12. The molecule has 24 heavy (non-hydrogen) atoms. The summed E-state index contributed by atoms with van der Waals surface area (Å²) in [5.41, 5.74) is 0. The molecule has 0 aromatic carbocycles. The van der Waals surface area contributed by atoms with E-state index in [4.69, 9.17) is 20.4 Å². The van der Waals surface area contributed by atoms with E-state index >= 15 is 0 Å². The number of carbonyl (C=O) groups excluding carboxylic acids is 3. The highest BCUT2D eigenvalue weighted by molar-refractivity contribution is 6.35. The average Bonchev–Trinajstić information content (AvgIpc) is 2.60. The maximum Gasteiger partial charge on any atom is 0.378 e. The Morgan fingerprint density at radius 3 is 1.71 bits per heavy atom. The van der Waals surface area contributed by atoms with Crippen molar-refractivity contribution >= 4 is 18.0 Å². The van der Waals surface area contributed by atoms with Gasteiger partial charge in [-0.1, -0.05) is 0 Å². The largest absolute Gasteiger partial charge is 0.446 e. The van der Waals surface area contributed by atoms with Crippen LogP contribution in [0.25, 0.3) is 0 Å². The molecule has 0 saturated heterocycles. The van der Waals surface area contributed by atoms with E-state index in [1.54, 1.807) is 0 Å². The van der Waals surface area contributed by atoms with Gasteiger partial charge in [0.2, 0.25) is 0 Å². The first-order valence-corrected chi connectivity index (χ1v) is 6.62. The number of ketones is 1. The number of hydrogen-bond acceptors (Lipinski definition) is 12. The molecule has 0 fully saturated rings. The lowest BCUT2D eigenvalue weighted by atomic mass is 10.0. The lowest BCUT2D eigenvalue weighted by Crippen LogP contribution is -2.50. The quantitative estimate of drug-likeness (QED) is 0.0983. The Labute approximate surface area is 135 Å². The molecule has 0 radical (unpaired) electrons. The van der Waals surface area contributed by atoms with Crippen molar-refractivity contribution in [3.05, 3.63) is 0 Å². The number of hydrogen-bond donors (Lipinski definition) is 8. The normalized spacial score (nSPS) is 20.2. The second-order valence-corrected chi connectivity index (χ2v) is 4.79. The molecule has 12 heteroatoms. The molecule has 0 rings (SSSR count). The molecule has 0 amide bonds. The van der Waals surface area contributed by atoms with Crippen LogP contribution in [0.15, 0.2) is 0 Å². The summed E-state index contributed by atoms with van der Waals surface area (Å²) in [6.07, 6.45) is -15.1. The van der Waals surface area contributed by atoms with Crippen molar-refractivity contribution in [1.82, 2.24) is 0 Å². The van der Waals surface area contributed by atoms with Crippen molar-refractivity contribution in [3.8, 4) is 0 Å². The number of aliphatic hydroxyl groups excluding tert-OH is 8. The summed E-state index contributed by atoms with van der Waals surface area (Å²) in [6.45, 7) is -2.01. The molecule has 0 spiro atoms. The van der Waals surface area contributed by atoms with Crippen LogP contribution < -0.4 is 0 Å². The van der Waals surface area contributed by atoms with Gasteiger partial charge in [-0.3, -0.25) is 9.59 Å². The molecule has 0 aliphatic carbocycles. The third-order valence-electron chi connectivity index (χ3n) is 3.02. The number of aldehydes is 1. The first kappa shape index (κ1) is 22.5. The van der Waals surface area contributed by atoms with Gasteiger partial charge >= 0.3 is 5.97 Å². The Balaban J connectivity index is 4.92. The molecule has 12 nitrogen and oxygen atoms in total. The summed E-state index contributed by atoms with van der Waals surface area (Å²) in [6, 6.07) is 0. The number of Topliss-reactive ketones (excluding diaryl/α,β-unsaturated/α-hetero) is 1. The standard InChI is InChI=1S/C12H20O12/c13-1-4(16)7(18)9(20)6(3-15)24-12(23)11(22)10(21)8(19)5(17)2-14/h3-10,13-14,16-21H,1-2H2/t4-,5+,6+,7+,8-,9-,10+/m1/s1. The van der Waals surface area contributed by atoms with E-state index in [-0.39, 0.29) is 6.29 Å². The fourth-order valence-electron chi connectivity index (χ4n) is 1.48. The minimum absolute atomic E-state index is 0.186. The van der Waals surface area contributed by atoms with Crippen molar-refractivity contribution in [2.45, 2.75) is 42.7 Å². The summed E-state index contributed by atoms with van der Waals surface area (Å²) in [5, 5.41) is 73.0. The summed E-state index contributed by atoms with van der Waals surface area (Å²) in [5.74, 6) is -3.69. The first-order chi connectivity index (χ1) is 11.1. The Bertz CT molecular complexity index is 426. The van der Waals surface area contributed by atoms with E-state index < -0.39 is 67.7 Å². The van der Waals surface area contributed by atoms with Gasteiger partial charge in [-0.25, -0.2) is 4.79 Å². The van der Waals surface area contributed by atoms with Gasteiger partial charge in [-0.05, 0) is 0 Å². The summed E-state index contributed by atoms with van der Waals surface area (Å²) < 4.78 is 4.25. The van der Waals surface area contributed by atoms with Crippen molar-refractivity contribution < 1.29 is 60.0 Å². The van der Waals surface area contributed by atoms with Crippen LogP contribution in [0.5, 0.6) is 0 Å². The fraction of sp³-hybridized carbons (Fsp3) is 0.750. The molecule has 0 saturated carbocycles. The molecular weight excluding hydrogens is 336 g/mol. The van der Waals surface area contributed by atoms with E-state index in [1.807, 2.05) is 0 Å². The number of carbonyl (C=O) groups is 3. The molecule has 0 aromatic rings. The van der Waals surface area contributed by atoms with Crippen LogP contribution in [0.2, 0.25) is 0 Å². The lowest BCUT2D eigenvalue weighted by Gasteiger charge is -2.26. The SMILES string of the molecule is O=C[C@H](OC(=O)C(=O)[C@@H](O)[C@H](O)[C@@H](O)CO)[C@@H](O)[C@@H](O)[C@H](O)CO. The Morgan fingerprint density at radius 2 is 1.29 bits per heavy atom. The molecule has 8 N–H and O–H groups in total. The zero-order valence-electron chi connectivity index (χ0n) is 12.2. The van der Waals surface area contributed by atoms with Gasteiger partial charge < -0.3 is 45.6 Å². The second-order valence-electron chi connectivity index (χ2n) is 4.79. The zero-order valence-corrected chi connectivity index (χ0v) is 12.2. The Morgan fingerprint density at radius 1 is 0.833 bits per heavy atom. The molecule has 140 valence electrons. The topological polar surface area (TPSA) is 222 Å². The van der Waals surface area contributed by atoms with Gasteiger partial charge in [-0.15, -0.1) is 0 Å². The van der Waals surface area contributed by atoms with E-state index in [2.05, 4.69) is 4.74 Å². The molecule has 0 aliphatic rings. The van der Waals surface area contributed by atoms with E-state index in [0.29, 0.717) is 0 Å². The maximum atomic E-state index is 11.5. The van der Waals surface area contributed by atoms with Gasteiger partial charge in [0, 0.05) is 0 Å². The van der Waals surface area contributed by atoms with E-state index in [9.17, 15) is 34.8 Å².